The number of fused-ring (bicyclic) bond motifs is 2. The molecule has 29 heavy (non-hydrogen) atoms. The summed E-state index contributed by atoms with van der Waals surface area (Å²) in [7, 11) is -2.04. The molecule has 0 atom stereocenters. The molecule has 0 radical (unpaired) electrons. The third-order valence-corrected chi connectivity index (χ3v) is 7.33. The lowest BCUT2D eigenvalue weighted by molar-refractivity contribution is -0.116. The van der Waals surface area contributed by atoms with Crippen molar-refractivity contribution < 1.29 is 13.2 Å². The second-order valence-corrected chi connectivity index (χ2v) is 9.51. The Kier molecular flexibility index (Phi) is 5.15. The minimum Gasteiger partial charge on any atom is -0.312 e. The van der Waals surface area contributed by atoms with Gasteiger partial charge >= 0.3 is 0 Å². The average Bonchev–Trinajstić information content (AvgIpc) is 2.73. The van der Waals surface area contributed by atoms with E-state index in [1.807, 2.05) is 42.5 Å². The number of anilines is 1. The van der Waals surface area contributed by atoms with Gasteiger partial charge in [0.05, 0.1) is 4.90 Å². The molecule has 1 aliphatic heterocycles. The van der Waals surface area contributed by atoms with Crippen LogP contribution in [0.5, 0.6) is 0 Å². The quantitative estimate of drug-likeness (QED) is 0.657. The van der Waals surface area contributed by atoms with Crippen molar-refractivity contribution in [2.24, 2.45) is 0 Å². The zero-order valence-corrected chi connectivity index (χ0v) is 17.4. The topological polar surface area (TPSA) is 57.7 Å². The molecule has 0 bridgehead atoms. The van der Waals surface area contributed by atoms with Crippen molar-refractivity contribution in [1.82, 2.24) is 4.31 Å². The van der Waals surface area contributed by atoms with Crippen LogP contribution in [0.3, 0.4) is 0 Å². The molecular weight excluding hydrogens is 384 g/mol. The summed E-state index contributed by atoms with van der Waals surface area (Å²) in [5, 5.41) is 2.15. The standard InChI is InChI=1S/C23H24N2O3S/c1-17(26)25-14-6-10-19-15-21(12-13-23(19)25)29(27,28)24(2)16-20-9-5-8-18-7-3-4-11-22(18)20/h3-5,7-9,11-13,15H,6,10,14,16H2,1-2H3. The molecule has 3 aromatic rings. The molecular formula is C23H24N2O3S. The Labute approximate surface area is 171 Å². The highest BCUT2D eigenvalue weighted by atomic mass is 32.2. The van der Waals surface area contributed by atoms with E-state index in [0.717, 1.165) is 40.4 Å². The average molecular weight is 409 g/mol. The number of carbonyl (C=O) groups excluding carboxylic acids is 1. The SMILES string of the molecule is CC(=O)N1CCCc2cc(S(=O)(=O)N(C)Cc3cccc4ccccc34)ccc21. The summed E-state index contributed by atoms with van der Waals surface area (Å²) in [5.74, 6) is -0.0189. The summed E-state index contributed by atoms with van der Waals surface area (Å²) in [5.41, 5.74) is 2.69. The maximum atomic E-state index is 13.2. The summed E-state index contributed by atoms with van der Waals surface area (Å²) in [4.78, 5) is 13.8. The highest BCUT2D eigenvalue weighted by Crippen LogP contribution is 2.31. The number of hydrogen-bond acceptors (Lipinski definition) is 3. The Morgan fingerprint density at radius 3 is 2.62 bits per heavy atom. The Hall–Kier alpha value is -2.70. The van der Waals surface area contributed by atoms with Gasteiger partial charge in [0, 0.05) is 32.7 Å². The van der Waals surface area contributed by atoms with Crippen LogP contribution in [0.2, 0.25) is 0 Å². The van der Waals surface area contributed by atoms with E-state index in [1.54, 1.807) is 30.1 Å². The Bertz CT molecular complexity index is 1180. The predicted molar refractivity (Wildman–Crippen MR) is 115 cm³/mol. The number of hydrogen-bond donors (Lipinski definition) is 0. The fraction of sp³-hybridized carbons (Fsp3) is 0.261. The minimum atomic E-state index is -3.65. The van der Waals surface area contributed by atoms with Gasteiger partial charge in [-0.1, -0.05) is 42.5 Å². The van der Waals surface area contributed by atoms with Gasteiger partial charge in [-0.3, -0.25) is 4.79 Å². The van der Waals surface area contributed by atoms with E-state index in [0.29, 0.717) is 13.1 Å². The first kappa shape index (κ1) is 19.6. The zero-order valence-electron chi connectivity index (χ0n) is 16.6. The first-order valence-electron chi connectivity index (χ1n) is 9.72. The summed E-state index contributed by atoms with van der Waals surface area (Å²) in [6.07, 6.45) is 1.61. The van der Waals surface area contributed by atoms with Crippen LogP contribution in [0.4, 0.5) is 5.69 Å². The molecule has 150 valence electrons. The van der Waals surface area contributed by atoms with Crippen molar-refractivity contribution in [3.05, 3.63) is 71.8 Å². The minimum absolute atomic E-state index is 0.0189. The molecule has 1 heterocycles. The molecule has 0 unspecified atom stereocenters. The van der Waals surface area contributed by atoms with E-state index < -0.39 is 10.0 Å². The van der Waals surface area contributed by atoms with Gasteiger partial charge in [-0.05, 0) is 52.9 Å². The highest BCUT2D eigenvalue weighted by molar-refractivity contribution is 7.89. The molecule has 0 spiro atoms. The summed E-state index contributed by atoms with van der Waals surface area (Å²) in [6, 6.07) is 19.0. The van der Waals surface area contributed by atoms with E-state index in [1.165, 1.54) is 11.2 Å². The first-order chi connectivity index (χ1) is 13.9. The number of sulfonamides is 1. The Morgan fingerprint density at radius 2 is 1.83 bits per heavy atom. The van der Waals surface area contributed by atoms with Crippen molar-refractivity contribution in [3.8, 4) is 0 Å². The summed E-state index contributed by atoms with van der Waals surface area (Å²) in [6.45, 7) is 2.51. The summed E-state index contributed by atoms with van der Waals surface area (Å²) < 4.78 is 27.8. The van der Waals surface area contributed by atoms with Crippen LogP contribution in [-0.4, -0.2) is 32.2 Å². The van der Waals surface area contributed by atoms with E-state index in [4.69, 9.17) is 0 Å². The lowest BCUT2D eigenvalue weighted by atomic mass is 10.0. The molecule has 1 amide bonds. The van der Waals surface area contributed by atoms with Crippen LogP contribution >= 0.6 is 0 Å². The molecule has 4 rings (SSSR count). The molecule has 0 aliphatic carbocycles. The monoisotopic (exact) mass is 408 g/mol. The van der Waals surface area contributed by atoms with Crippen LogP contribution in [0, 0.1) is 0 Å². The maximum Gasteiger partial charge on any atom is 0.243 e. The normalized spacial score (nSPS) is 14.2. The molecule has 0 aromatic heterocycles. The fourth-order valence-electron chi connectivity index (χ4n) is 4.00. The van der Waals surface area contributed by atoms with Gasteiger partial charge in [-0.15, -0.1) is 0 Å². The second-order valence-electron chi connectivity index (χ2n) is 7.46. The molecule has 0 saturated heterocycles. The van der Waals surface area contributed by atoms with Gasteiger partial charge in [-0.25, -0.2) is 8.42 Å². The van der Waals surface area contributed by atoms with E-state index >= 15 is 0 Å². The fourth-order valence-corrected chi connectivity index (χ4v) is 5.20. The van der Waals surface area contributed by atoms with Crippen LogP contribution in [-0.2, 0) is 27.8 Å². The molecule has 0 saturated carbocycles. The number of rotatable bonds is 4. The van der Waals surface area contributed by atoms with E-state index in [-0.39, 0.29) is 10.8 Å². The molecule has 1 aliphatic rings. The van der Waals surface area contributed by atoms with Gasteiger partial charge in [0.2, 0.25) is 15.9 Å². The predicted octanol–water partition coefficient (Wildman–Crippen LogP) is 3.96. The number of carbonyl (C=O) groups is 1. The van der Waals surface area contributed by atoms with E-state index in [2.05, 4.69) is 0 Å². The van der Waals surface area contributed by atoms with Gasteiger partial charge in [-0.2, -0.15) is 4.31 Å². The number of nitrogens with zero attached hydrogens (tertiary/aromatic N) is 2. The van der Waals surface area contributed by atoms with Crippen LogP contribution < -0.4 is 4.90 Å². The van der Waals surface area contributed by atoms with Crippen LogP contribution in [0.15, 0.2) is 65.6 Å². The highest BCUT2D eigenvalue weighted by Gasteiger charge is 2.26. The Morgan fingerprint density at radius 1 is 1.07 bits per heavy atom. The van der Waals surface area contributed by atoms with Gasteiger partial charge in [0.15, 0.2) is 0 Å². The zero-order chi connectivity index (χ0) is 20.6. The number of benzene rings is 3. The first-order valence-corrected chi connectivity index (χ1v) is 11.2. The van der Waals surface area contributed by atoms with E-state index in [9.17, 15) is 13.2 Å². The second kappa shape index (κ2) is 7.61. The Balaban J connectivity index is 1.65. The van der Waals surface area contributed by atoms with Gasteiger partial charge in [0.25, 0.3) is 0 Å². The molecule has 0 N–H and O–H groups in total. The lowest BCUT2D eigenvalue weighted by Gasteiger charge is -2.29. The van der Waals surface area contributed by atoms with Crippen molar-refractivity contribution in [1.29, 1.82) is 0 Å². The lowest BCUT2D eigenvalue weighted by Crippen LogP contribution is -2.34. The smallest absolute Gasteiger partial charge is 0.243 e. The molecule has 0 fully saturated rings. The molecule has 5 nitrogen and oxygen atoms in total. The third-order valence-electron chi connectivity index (χ3n) is 5.53. The third kappa shape index (κ3) is 3.66. The molecule has 3 aromatic carbocycles. The van der Waals surface area contributed by atoms with Gasteiger partial charge in [0.1, 0.15) is 0 Å². The van der Waals surface area contributed by atoms with Gasteiger partial charge < -0.3 is 4.90 Å². The molecule has 6 heteroatoms. The van der Waals surface area contributed by atoms with Crippen molar-refractivity contribution in [3.63, 3.8) is 0 Å². The van der Waals surface area contributed by atoms with Crippen molar-refractivity contribution >= 4 is 32.4 Å². The number of amides is 1. The van der Waals surface area contributed by atoms with Crippen molar-refractivity contribution in [2.45, 2.75) is 31.2 Å². The van der Waals surface area contributed by atoms with Crippen LogP contribution in [0.1, 0.15) is 24.5 Å². The van der Waals surface area contributed by atoms with Crippen molar-refractivity contribution in [2.75, 3.05) is 18.5 Å². The number of aryl methyl sites for hydroxylation is 1. The van der Waals surface area contributed by atoms with Crippen LogP contribution in [0.25, 0.3) is 10.8 Å². The summed E-state index contributed by atoms with van der Waals surface area (Å²) >= 11 is 0. The maximum absolute atomic E-state index is 13.2. The largest absolute Gasteiger partial charge is 0.312 e.